The molecule has 0 aromatic heterocycles. The molecule has 0 radical (unpaired) electrons. The van der Waals surface area contributed by atoms with E-state index in [0.717, 1.165) is 19.6 Å². The van der Waals surface area contributed by atoms with E-state index in [1.807, 2.05) is 0 Å². The number of nitrogens with one attached hydrogen (secondary N) is 2. The van der Waals surface area contributed by atoms with E-state index in [4.69, 9.17) is 4.74 Å². The van der Waals surface area contributed by atoms with Crippen LogP contribution in [0.25, 0.3) is 0 Å². The summed E-state index contributed by atoms with van der Waals surface area (Å²) < 4.78 is 46.1. The van der Waals surface area contributed by atoms with Crippen molar-refractivity contribution in [2.24, 2.45) is 4.99 Å². The first-order chi connectivity index (χ1) is 11.5. The maximum atomic E-state index is 11.9. The van der Waals surface area contributed by atoms with Crippen LogP contribution >= 0.6 is 0 Å². The molecular formula is C16H30F3N3O2. The first kappa shape index (κ1) is 21.0. The minimum atomic E-state index is -4.26. The highest BCUT2D eigenvalue weighted by atomic mass is 19.4. The SMILES string of the molecule is CN=C(NCCCOCC(F)(F)F)NCCCOC1CCCCC1. The summed E-state index contributed by atoms with van der Waals surface area (Å²) in [7, 11) is 1.66. The molecule has 1 aliphatic carbocycles. The van der Waals surface area contributed by atoms with Crippen LogP contribution in [0.4, 0.5) is 13.2 Å². The van der Waals surface area contributed by atoms with E-state index >= 15 is 0 Å². The van der Waals surface area contributed by atoms with Gasteiger partial charge in [-0.3, -0.25) is 4.99 Å². The minimum Gasteiger partial charge on any atom is -0.378 e. The lowest BCUT2D eigenvalue weighted by atomic mass is 9.98. The Morgan fingerprint density at radius 1 is 1.04 bits per heavy atom. The van der Waals surface area contributed by atoms with Gasteiger partial charge in [-0.05, 0) is 25.7 Å². The molecule has 24 heavy (non-hydrogen) atoms. The summed E-state index contributed by atoms with van der Waals surface area (Å²) in [5, 5.41) is 6.20. The Morgan fingerprint density at radius 3 is 2.25 bits per heavy atom. The summed E-state index contributed by atoms with van der Waals surface area (Å²) in [5.74, 6) is 0.642. The lowest BCUT2D eigenvalue weighted by Gasteiger charge is -2.22. The highest BCUT2D eigenvalue weighted by Gasteiger charge is 2.27. The molecule has 1 saturated carbocycles. The maximum Gasteiger partial charge on any atom is 0.411 e. The quantitative estimate of drug-likeness (QED) is 0.360. The van der Waals surface area contributed by atoms with Gasteiger partial charge in [0, 0.05) is 33.4 Å². The molecule has 0 bridgehead atoms. The van der Waals surface area contributed by atoms with Crippen molar-refractivity contribution in [3.8, 4) is 0 Å². The van der Waals surface area contributed by atoms with Gasteiger partial charge in [-0.1, -0.05) is 19.3 Å². The van der Waals surface area contributed by atoms with Gasteiger partial charge < -0.3 is 20.1 Å². The zero-order valence-corrected chi connectivity index (χ0v) is 14.5. The van der Waals surface area contributed by atoms with E-state index in [2.05, 4.69) is 20.4 Å². The molecule has 8 heteroatoms. The number of rotatable bonds is 10. The summed E-state index contributed by atoms with van der Waals surface area (Å²) in [4.78, 5) is 4.07. The van der Waals surface area contributed by atoms with Gasteiger partial charge >= 0.3 is 6.18 Å². The van der Waals surface area contributed by atoms with Crippen LogP contribution in [0.1, 0.15) is 44.9 Å². The fraction of sp³-hybridized carbons (Fsp3) is 0.938. The second-order valence-electron chi connectivity index (χ2n) is 5.93. The molecule has 0 aromatic rings. The van der Waals surface area contributed by atoms with Gasteiger partial charge in [0.25, 0.3) is 0 Å². The smallest absolute Gasteiger partial charge is 0.378 e. The number of alkyl halides is 3. The molecule has 1 fully saturated rings. The fourth-order valence-corrected chi connectivity index (χ4v) is 2.55. The molecule has 142 valence electrons. The van der Waals surface area contributed by atoms with E-state index in [-0.39, 0.29) is 6.61 Å². The number of hydrogen-bond donors (Lipinski definition) is 2. The molecule has 0 heterocycles. The molecule has 5 nitrogen and oxygen atoms in total. The summed E-state index contributed by atoms with van der Waals surface area (Å²) in [6.45, 7) is 0.868. The zero-order valence-electron chi connectivity index (χ0n) is 14.5. The van der Waals surface area contributed by atoms with E-state index in [1.54, 1.807) is 7.05 Å². The Kier molecular flexibility index (Phi) is 10.8. The third-order valence-corrected chi connectivity index (χ3v) is 3.77. The lowest BCUT2D eigenvalue weighted by Crippen LogP contribution is -2.38. The van der Waals surface area contributed by atoms with Gasteiger partial charge in [-0.25, -0.2) is 0 Å². The summed E-state index contributed by atoms with van der Waals surface area (Å²) in [5.41, 5.74) is 0. The van der Waals surface area contributed by atoms with Crippen LogP contribution in [0, 0.1) is 0 Å². The summed E-state index contributed by atoms with van der Waals surface area (Å²) in [6.07, 6.45) is 3.76. The maximum absolute atomic E-state index is 11.9. The molecule has 0 atom stereocenters. The van der Waals surface area contributed by atoms with Crippen molar-refractivity contribution < 1.29 is 22.6 Å². The average Bonchev–Trinajstić information content (AvgIpc) is 2.55. The second kappa shape index (κ2) is 12.4. The Labute approximate surface area is 142 Å². The Hall–Kier alpha value is -1.02. The number of guanidine groups is 1. The minimum absolute atomic E-state index is 0.0682. The lowest BCUT2D eigenvalue weighted by molar-refractivity contribution is -0.173. The standard InChI is InChI=1S/C16H30F3N3O2/c1-20-15(21-9-5-11-23-13-16(17,18)19)22-10-6-12-24-14-7-3-2-4-8-14/h14H,2-13H2,1H3,(H2,20,21,22). The van der Waals surface area contributed by atoms with Crippen LogP contribution < -0.4 is 10.6 Å². The van der Waals surface area contributed by atoms with E-state index < -0.39 is 12.8 Å². The second-order valence-corrected chi connectivity index (χ2v) is 5.93. The van der Waals surface area contributed by atoms with Crippen LogP contribution in [0.2, 0.25) is 0 Å². The Bertz CT molecular complexity index is 346. The predicted molar refractivity (Wildman–Crippen MR) is 88.3 cm³/mol. The predicted octanol–water partition coefficient (Wildman–Crippen LogP) is 2.86. The number of nitrogens with zero attached hydrogens (tertiary/aromatic N) is 1. The van der Waals surface area contributed by atoms with Crippen LogP contribution in [-0.4, -0.2) is 58.2 Å². The third-order valence-electron chi connectivity index (χ3n) is 3.77. The van der Waals surface area contributed by atoms with Gasteiger partial charge in [0.05, 0.1) is 6.10 Å². The molecule has 0 unspecified atom stereocenters. The molecule has 0 aromatic carbocycles. The van der Waals surface area contributed by atoms with Crippen LogP contribution in [0.5, 0.6) is 0 Å². The van der Waals surface area contributed by atoms with E-state index in [0.29, 0.717) is 25.0 Å². The van der Waals surface area contributed by atoms with Gasteiger partial charge in [-0.2, -0.15) is 13.2 Å². The van der Waals surface area contributed by atoms with E-state index in [1.165, 1.54) is 32.1 Å². The van der Waals surface area contributed by atoms with Crippen LogP contribution in [0.3, 0.4) is 0 Å². The van der Waals surface area contributed by atoms with Crippen molar-refractivity contribution in [3.05, 3.63) is 0 Å². The van der Waals surface area contributed by atoms with E-state index in [9.17, 15) is 13.2 Å². The molecule has 0 amide bonds. The molecule has 1 aliphatic rings. The van der Waals surface area contributed by atoms with Gasteiger partial charge in [0.2, 0.25) is 0 Å². The van der Waals surface area contributed by atoms with Crippen molar-refractivity contribution in [1.29, 1.82) is 0 Å². The number of aliphatic imine (C=N–C) groups is 1. The van der Waals surface area contributed by atoms with Crippen LogP contribution in [-0.2, 0) is 9.47 Å². The monoisotopic (exact) mass is 353 g/mol. The van der Waals surface area contributed by atoms with Gasteiger partial charge in [-0.15, -0.1) is 0 Å². The zero-order chi connectivity index (χ0) is 17.7. The summed E-state index contributed by atoms with van der Waals surface area (Å²) in [6, 6.07) is 0. The largest absolute Gasteiger partial charge is 0.411 e. The normalized spacial score (nSPS) is 17.1. The van der Waals surface area contributed by atoms with Gasteiger partial charge in [0.1, 0.15) is 6.61 Å². The fourth-order valence-electron chi connectivity index (χ4n) is 2.55. The topological polar surface area (TPSA) is 54.9 Å². The Balaban J connectivity index is 1.94. The van der Waals surface area contributed by atoms with Crippen molar-refractivity contribution in [1.82, 2.24) is 10.6 Å². The molecule has 0 aliphatic heterocycles. The van der Waals surface area contributed by atoms with Crippen LogP contribution in [0.15, 0.2) is 4.99 Å². The number of hydrogen-bond acceptors (Lipinski definition) is 3. The average molecular weight is 353 g/mol. The van der Waals surface area contributed by atoms with Crippen molar-refractivity contribution in [3.63, 3.8) is 0 Å². The molecular weight excluding hydrogens is 323 g/mol. The first-order valence-electron chi connectivity index (χ1n) is 8.72. The molecule has 1 rings (SSSR count). The van der Waals surface area contributed by atoms with Crippen molar-refractivity contribution >= 4 is 5.96 Å². The Morgan fingerprint density at radius 2 is 1.67 bits per heavy atom. The highest BCUT2D eigenvalue weighted by molar-refractivity contribution is 5.79. The molecule has 0 saturated heterocycles. The molecule has 0 spiro atoms. The van der Waals surface area contributed by atoms with Crippen molar-refractivity contribution in [2.45, 2.75) is 57.2 Å². The number of ether oxygens (including phenoxy) is 2. The highest BCUT2D eigenvalue weighted by Crippen LogP contribution is 2.20. The first-order valence-corrected chi connectivity index (χ1v) is 8.72. The third kappa shape index (κ3) is 11.5. The van der Waals surface area contributed by atoms with Crippen molar-refractivity contribution in [2.75, 3.05) is 40.0 Å². The summed E-state index contributed by atoms with van der Waals surface area (Å²) >= 11 is 0. The molecule has 2 N–H and O–H groups in total. The van der Waals surface area contributed by atoms with Gasteiger partial charge in [0.15, 0.2) is 5.96 Å². The number of halogens is 3.